The number of rotatable bonds is 4. The van der Waals surface area contributed by atoms with Crippen LogP contribution in [0.25, 0.3) is 0 Å². The van der Waals surface area contributed by atoms with Gasteiger partial charge in [-0.05, 0) is 56.3 Å². The molecular weight excluding hydrogens is 383 g/mol. The van der Waals surface area contributed by atoms with Gasteiger partial charge in [0, 0.05) is 38.3 Å². The smallest absolute Gasteiger partial charge is 0.236 e. The summed E-state index contributed by atoms with van der Waals surface area (Å²) < 4.78 is 18.9. The Morgan fingerprint density at radius 2 is 1.87 bits per heavy atom. The predicted octanol–water partition coefficient (Wildman–Crippen LogP) is 2.38. The summed E-state index contributed by atoms with van der Waals surface area (Å²) in [7, 11) is 0. The number of hydrogen-bond acceptors (Lipinski definition) is 5. The minimum atomic E-state index is -0.365. The third-order valence-corrected chi connectivity index (χ3v) is 7.03. The van der Waals surface area contributed by atoms with Gasteiger partial charge in [0.2, 0.25) is 5.91 Å². The number of hydrogen-bond donors (Lipinski definition) is 0. The first kappa shape index (κ1) is 21.2. The van der Waals surface area contributed by atoms with Crippen molar-refractivity contribution in [3.8, 4) is 6.07 Å². The first-order chi connectivity index (χ1) is 14.6. The summed E-state index contributed by atoms with van der Waals surface area (Å²) >= 11 is 0. The molecule has 30 heavy (non-hydrogen) atoms. The Balaban J connectivity index is 1.40. The highest BCUT2D eigenvalue weighted by Gasteiger charge is 2.42. The summed E-state index contributed by atoms with van der Waals surface area (Å²) in [4.78, 5) is 19.6. The van der Waals surface area contributed by atoms with E-state index in [1.807, 2.05) is 4.90 Å². The van der Waals surface area contributed by atoms with Gasteiger partial charge in [-0.15, -0.1) is 0 Å². The van der Waals surface area contributed by atoms with Crippen LogP contribution in [-0.2, 0) is 16.1 Å². The molecule has 6 nitrogen and oxygen atoms in total. The van der Waals surface area contributed by atoms with E-state index in [1.54, 1.807) is 6.07 Å². The van der Waals surface area contributed by atoms with E-state index in [0.29, 0.717) is 31.9 Å². The summed E-state index contributed by atoms with van der Waals surface area (Å²) in [5, 5.41) is 9.40. The fourth-order valence-electron chi connectivity index (χ4n) is 5.28. The lowest BCUT2D eigenvalue weighted by Gasteiger charge is -2.38. The molecule has 0 bridgehead atoms. The molecule has 1 aromatic rings. The lowest BCUT2D eigenvalue weighted by molar-refractivity contribution is -0.133. The molecule has 3 heterocycles. The Morgan fingerprint density at radius 3 is 2.63 bits per heavy atom. The molecule has 1 spiro atoms. The van der Waals surface area contributed by atoms with Crippen molar-refractivity contribution in [1.29, 1.82) is 5.26 Å². The van der Waals surface area contributed by atoms with Gasteiger partial charge in [0.05, 0.1) is 31.4 Å². The van der Waals surface area contributed by atoms with Crippen LogP contribution in [0.1, 0.15) is 43.2 Å². The number of morpholine rings is 1. The Morgan fingerprint density at radius 1 is 1.10 bits per heavy atom. The Labute approximate surface area is 178 Å². The highest BCUT2D eigenvalue weighted by molar-refractivity contribution is 5.78. The van der Waals surface area contributed by atoms with Crippen LogP contribution >= 0.6 is 0 Å². The number of benzene rings is 1. The molecule has 0 radical (unpaired) electrons. The van der Waals surface area contributed by atoms with Crippen LogP contribution in [0.4, 0.5) is 4.39 Å². The number of likely N-dealkylation sites (tertiary alicyclic amines) is 2. The van der Waals surface area contributed by atoms with Gasteiger partial charge in [-0.2, -0.15) is 5.26 Å². The first-order valence-electron chi connectivity index (χ1n) is 11.1. The molecule has 0 aromatic heterocycles. The maximum atomic E-state index is 13.5. The first-order valence-corrected chi connectivity index (χ1v) is 11.1. The fraction of sp³-hybridized carbons (Fsp3) is 0.652. The minimum Gasteiger partial charge on any atom is -0.379 e. The van der Waals surface area contributed by atoms with E-state index in [0.717, 1.165) is 70.4 Å². The van der Waals surface area contributed by atoms with Gasteiger partial charge >= 0.3 is 0 Å². The molecular formula is C23H31FN4O2. The molecule has 3 fully saturated rings. The van der Waals surface area contributed by atoms with Crippen molar-refractivity contribution in [3.05, 3.63) is 35.1 Å². The van der Waals surface area contributed by atoms with Gasteiger partial charge in [-0.1, -0.05) is 6.07 Å². The number of carbonyl (C=O) groups excluding carboxylic acids is 1. The molecule has 0 saturated carbocycles. The number of halogens is 1. The summed E-state index contributed by atoms with van der Waals surface area (Å²) in [5.41, 5.74) is 1.40. The molecule has 4 rings (SSSR count). The molecule has 3 aliphatic rings. The second-order valence-corrected chi connectivity index (χ2v) is 8.79. The number of nitrogens with zero attached hydrogens (tertiary/aromatic N) is 4. The van der Waals surface area contributed by atoms with E-state index in [1.165, 1.54) is 12.1 Å². The van der Waals surface area contributed by atoms with Crippen molar-refractivity contribution < 1.29 is 13.9 Å². The molecule has 7 heteroatoms. The third kappa shape index (κ3) is 4.66. The van der Waals surface area contributed by atoms with Gasteiger partial charge in [0.25, 0.3) is 0 Å². The van der Waals surface area contributed by atoms with Crippen LogP contribution in [0, 0.1) is 17.1 Å². The summed E-state index contributed by atoms with van der Waals surface area (Å²) in [6, 6.07) is 6.66. The molecule has 3 saturated heterocycles. The molecule has 162 valence electrons. The topological polar surface area (TPSA) is 59.8 Å². The zero-order valence-corrected chi connectivity index (χ0v) is 17.6. The Kier molecular flexibility index (Phi) is 6.67. The van der Waals surface area contributed by atoms with Gasteiger partial charge in [0.1, 0.15) is 5.82 Å². The van der Waals surface area contributed by atoms with Crippen molar-refractivity contribution in [3.63, 3.8) is 0 Å². The predicted molar refractivity (Wildman–Crippen MR) is 111 cm³/mol. The van der Waals surface area contributed by atoms with E-state index in [2.05, 4.69) is 15.9 Å². The lowest BCUT2D eigenvalue weighted by atomic mass is 9.87. The molecule has 0 N–H and O–H groups in total. The zero-order chi connectivity index (χ0) is 21.0. The van der Waals surface area contributed by atoms with Crippen LogP contribution in [-0.4, -0.2) is 78.6 Å². The van der Waals surface area contributed by atoms with Crippen molar-refractivity contribution in [2.45, 2.75) is 44.2 Å². The van der Waals surface area contributed by atoms with Crippen molar-refractivity contribution in [2.24, 2.45) is 0 Å². The molecule has 3 aliphatic heterocycles. The number of nitriles is 1. The average molecular weight is 415 g/mol. The largest absolute Gasteiger partial charge is 0.379 e. The van der Waals surface area contributed by atoms with Crippen LogP contribution in [0.15, 0.2) is 18.2 Å². The second-order valence-electron chi connectivity index (χ2n) is 8.79. The van der Waals surface area contributed by atoms with E-state index in [-0.39, 0.29) is 17.3 Å². The van der Waals surface area contributed by atoms with Crippen LogP contribution < -0.4 is 0 Å². The monoisotopic (exact) mass is 414 g/mol. The normalized spacial score (nSPS) is 25.9. The number of ether oxygens (including phenoxy) is 1. The Bertz CT molecular complexity index is 805. The highest BCUT2D eigenvalue weighted by atomic mass is 19.1. The van der Waals surface area contributed by atoms with E-state index in [4.69, 9.17) is 4.74 Å². The standard InChI is InChI=1S/C23H31FN4O2/c24-21-4-3-19(20(15-21)16-25)17-28-9-2-6-23(28)5-1-8-27(10-7-23)22(29)18-26-11-13-30-14-12-26/h3-4,15H,1-2,5-14,17-18H2/t23-/m1/s1. The van der Waals surface area contributed by atoms with E-state index in [9.17, 15) is 14.4 Å². The van der Waals surface area contributed by atoms with E-state index < -0.39 is 0 Å². The fourth-order valence-corrected chi connectivity index (χ4v) is 5.28. The van der Waals surface area contributed by atoms with Crippen molar-refractivity contribution in [2.75, 3.05) is 52.5 Å². The third-order valence-electron chi connectivity index (χ3n) is 7.03. The van der Waals surface area contributed by atoms with Crippen LogP contribution in [0.5, 0.6) is 0 Å². The van der Waals surface area contributed by atoms with Crippen molar-refractivity contribution >= 4 is 5.91 Å². The van der Waals surface area contributed by atoms with Gasteiger partial charge in [-0.3, -0.25) is 14.6 Å². The summed E-state index contributed by atoms with van der Waals surface area (Å²) in [6.07, 6.45) is 5.29. The van der Waals surface area contributed by atoms with E-state index >= 15 is 0 Å². The number of amides is 1. The molecule has 1 aromatic carbocycles. The lowest BCUT2D eigenvalue weighted by Crippen LogP contribution is -2.46. The maximum Gasteiger partial charge on any atom is 0.236 e. The Hall–Kier alpha value is -2.01. The summed E-state index contributed by atoms with van der Waals surface area (Å²) in [5.74, 6) is -0.140. The molecule has 0 unspecified atom stereocenters. The van der Waals surface area contributed by atoms with Crippen LogP contribution in [0.2, 0.25) is 0 Å². The molecule has 0 aliphatic carbocycles. The SMILES string of the molecule is N#Cc1cc(F)ccc1CN1CCC[C@@]12CCCN(C(=O)CN1CCOCC1)CC2. The molecule has 1 atom stereocenters. The minimum absolute atomic E-state index is 0.0785. The van der Waals surface area contributed by atoms with Gasteiger partial charge in [-0.25, -0.2) is 4.39 Å². The van der Waals surface area contributed by atoms with Crippen LogP contribution in [0.3, 0.4) is 0 Å². The maximum absolute atomic E-state index is 13.5. The number of carbonyl (C=O) groups is 1. The van der Waals surface area contributed by atoms with Gasteiger partial charge < -0.3 is 9.64 Å². The quantitative estimate of drug-likeness (QED) is 0.757. The summed E-state index contributed by atoms with van der Waals surface area (Å²) in [6.45, 7) is 6.83. The molecule has 1 amide bonds. The average Bonchev–Trinajstić information content (AvgIpc) is 3.00. The highest BCUT2D eigenvalue weighted by Crippen LogP contribution is 2.39. The zero-order valence-electron chi connectivity index (χ0n) is 17.6. The van der Waals surface area contributed by atoms with Crippen molar-refractivity contribution in [1.82, 2.24) is 14.7 Å². The van der Waals surface area contributed by atoms with Gasteiger partial charge in [0.15, 0.2) is 0 Å². The second kappa shape index (κ2) is 9.42.